The Balaban J connectivity index is 2.57. The van der Waals surface area contributed by atoms with Crippen molar-refractivity contribution in [3.63, 3.8) is 0 Å². The summed E-state index contributed by atoms with van der Waals surface area (Å²) in [4.78, 5) is 4.27. The van der Waals surface area contributed by atoms with Crippen molar-refractivity contribution in [3.05, 3.63) is 23.9 Å². The van der Waals surface area contributed by atoms with E-state index in [9.17, 15) is 0 Å². The van der Waals surface area contributed by atoms with Crippen molar-refractivity contribution in [1.29, 1.82) is 0 Å². The Morgan fingerprint density at radius 3 is 2.72 bits per heavy atom. The minimum absolute atomic E-state index is 0.156. The summed E-state index contributed by atoms with van der Waals surface area (Å²) in [5.41, 5.74) is 1.06. The summed E-state index contributed by atoms with van der Waals surface area (Å²) in [7, 11) is 0. The quantitative estimate of drug-likeness (QED) is 0.805. The zero-order valence-electron chi connectivity index (χ0n) is 12.3. The predicted molar refractivity (Wildman–Crippen MR) is 75.8 cm³/mol. The van der Waals surface area contributed by atoms with Crippen LogP contribution in [0.3, 0.4) is 0 Å². The van der Waals surface area contributed by atoms with Crippen molar-refractivity contribution in [3.8, 4) is 5.88 Å². The standard InChI is InChI=1S/C15H26N2O/c1-6-15(4,5)18-14-9-13(7-8-17-14)11-16-10-12(2)3/h7-9,12,16H,6,10-11H2,1-5H3. The zero-order chi connectivity index (χ0) is 13.6. The Morgan fingerprint density at radius 2 is 2.11 bits per heavy atom. The third-order valence-electron chi connectivity index (χ3n) is 2.91. The second-order valence-corrected chi connectivity index (χ2v) is 5.74. The molecule has 0 atom stereocenters. The molecule has 3 heteroatoms. The van der Waals surface area contributed by atoms with Crippen LogP contribution in [0.4, 0.5) is 0 Å². The van der Waals surface area contributed by atoms with Crippen LogP contribution in [-0.4, -0.2) is 17.1 Å². The summed E-state index contributed by atoms with van der Waals surface area (Å²) < 4.78 is 5.88. The van der Waals surface area contributed by atoms with Crippen molar-refractivity contribution in [2.24, 2.45) is 5.92 Å². The van der Waals surface area contributed by atoms with Crippen LogP contribution in [0, 0.1) is 5.92 Å². The lowest BCUT2D eigenvalue weighted by molar-refractivity contribution is 0.0989. The highest BCUT2D eigenvalue weighted by atomic mass is 16.5. The van der Waals surface area contributed by atoms with Crippen molar-refractivity contribution in [1.82, 2.24) is 10.3 Å². The predicted octanol–water partition coefficient (Wildman–Crippen LogP) is 3.39. The lowest BCUT2D eigenvalue weighted by Crippen LogP contribution is -2.27. The molecule has 1 heterocycles. The number of nitrogens with zero attached hydrogens (tertiary/aromatic N) is 1. The number of pyridine rings is 1. The molecule has 0 spiro atoms. The maximum Gasteiger partial charge on any atom is 0.214 e. The first-order chi connectivity index (χ1) is 8.43. The van der Waals surface area contributed by atoms with Gasteiger partial charge in [-0.15, -0.1) is 0 Å². The number of aromatic nitrogens is 1. The number of nitrogens with one attached hydrogen (secondary N) is 1. The molecule has 0 aliphatic carbocycles. The largest absolute Gasteiger partial charge is 0.472 e. The molecule has 102 valence electrons. The molecule has 1 aromatic rings. The first-order valence-corrected chi connectivity index (χ1v) is 6.77. The zero-order valence-corrected chi connectivity index (χ0v) is 12.3. The number of hydrogen-bond acceptors (Lipinski definition) is 3. The number of ether oxygens (including phenoxy) is 1. The summed E-state index contributed by atoms with van der Waals surface area (Å²) in [5.74, 6) is 1.38. The van der Waals surface area contributed by atoms with Gasteiger partial charge in [-0.25, -0.2) is 4.98 Å². The smallest absolute Gasteiger partial charge is 0.214 e. The van der Waals surface area contributed by atoms with E-state index in [0.29, 0.717) is 11.8 Å². The van der Waals surface area contributed by atoms with Gasteiger partial charge in [-0.2, -0.15) is 0 Å². The van der Waals surface area contributed by atoms with Gasteiger partial charge in [0, 0.05) is 18.8 Å². The van der Waals surface area contributed by atoms with Crippen molar-refractivity contribution in [2.75, 3.05) is 6.54 Å². The molecule has 0 aromatic carbocycles. The molecule has 0 aliphatic rings. The molecule has 0 amide bonds. The first kappa shape index (κ1) is 15.0. The van der Waals surface area contributed by atoms with Crippen molar-refractivity contribution >= 4 is 0 Å². The van der Waals surface area contributed by atoms with Gasteiger partial charge in [0.15, 0.2) is 0 Å². The van der Waals surface area contributed by atoms with Gasteiger partial charge in [0.25, 0.3) is 0 Å². The van der Waals surface area contributed by atoms with Crippen LogP contribution < -0.4 is 10.1 Å². The van der Waals surface area contributed by atoms with Crippen molar-refractivity contribution < 1.29 is 4.74 Å². The van der Waals surface area contributed by atoms with E-state index < -0.39 is 0 Å². The van der Waals surface area contributed by atoms with Gasteiger partial charge in [-0.1, -0.05) is 20.8 Å². The Hall–Kier alpha value is -1.09. The van der Waals surface area contributed by atoms with Crippen LogP contribution in [0.1, 0.15) is 46.6 Å². The molecule has 0 bridgehead atoms. The molecule has 0 radical (unpaired) electrons. The lowest BCUT2D eigenvalue weighted by Gasteiger charge is -2.24. The van der Waals surface area contributed by atoms with E-state index in [-0.39, 0.29) is 5.60 Å². The van der Waals surface area contributed by atoms with Crippen LogP contribution in [0.15, 0.2) is 18.3 Å². The molecule has 18 heavy (non-hydrogen) atoms. The minimum Gasteiger partial charge on any atom is -0.472 e. The Kier molecular flexibility index (Phi) is 5.60. The molecule has 0 unspecified atom stereocenters. The molecular weight excluding hydrogens is 224 g/mol. The fourth-order valence-electron chi connectivity index (χ4n) is 1.48. The number of rotatable bonds is 7. The van der Waals surface area contributed by atoms with Crippen LogP contribution in [-0.2, 0) is 6.54 Å². The molecule has 0 saturated heterocycles. The molecule has 0 aliphatic heterocycles. The highest BCUT2D eigenvalue weighted by Gasteiger charge is 2.17. The van der Waals surface area contributed by atoms with Crippen LogP contribution >= 0.6 is 0 Å². The average Bonchev–Trinajstić information content (AvgIpc) is 2.28. The summed E-state index contributed by atoms with van der Waals surface area (Å²) in [6.07, 6.45) is 2.78. The monoisotopic (exact) mass is 250 g/mol. The van der Waals surface area contributed by atoms with E-state index in [1.165, 1.54) is 5.56 Å². The van der Waals surface area contributed by atoms with Gasteiger partial charge in [0.2, 0.25) is 5.88 Å². The average molecular weight is 250 g/mol. The van der Waals surface area contributed by atoms with Gasteiger partial charge in [0.05, 0.1) is 0 Å². The lowest BCUT2D eigenvalue weighted by atomic mass is 10.1. The summed E-state index contributed by atoms with van der Waals surface area (Å²) in [6.45, 7) is 12.6. The number of hydrogen-bond donors (Lipinski definition) is 1. The highest BCUT2D eigenvalue weighted by Crippen LogP contribution is 2.19. The molecular formula is C15H26N2O. The fraction of sp³-hybridized carbons (Fsp3) is 0.667. The maximum absolute atomic E-state index is 5.88. The van der Waals surface area contributed by atoms with Crippen LogP contribution in [0.2, 0.25) is 0 Å². The fourth-order valence-corrected chi connectivity index (χ4v) is 1.48. The van der Waals surface area contributed by atoms with E-state index in [0.717, 1.165) is 19.5 Å². The Bertz CT molecular complexity index is 361. The molecule has 1 N–H and O–H groups in total. The summed E-state index contributed by atoms with van der Waals surface area (Å²) >= 11 is 0. The molecule has 0 saturated carbocycles. The van der Waals surface area contributed by atoms with Gasteiger partial charge in [-0.05, 0) is 44.4 Å². The van der Waals surface area contributed by atoms with Gasteiger partial charge >= 0.3 is 0 Å². The second-order valence-electron chi connectivity index (χ2n) is 5.74. The van der Waals surface area contributed by atoms with E-state index in [4.69, 9.17) is 4.74 Å². The van der Waals surface area contributed by atoms with Gasteiger partial charge in [-0.3, -0.25) is 0 Å². The van der Waals surface area contributed by atoms with Gasteiger partial charge in [0.1, 0.15) is 5.60 Å². The van der Waals surface area contributed by atoms with E-state index in [1.54, 1.807) is 0 Å². The second kappa shape index (κ2) is 6.74. The molecule has 1 rings (SSSR count). The third-order valence-corrected chi connectivity index (χ3v) is 2.91. The van der Waals surface area contributed by atoms with Gasteiger partial charge < -0.3 is 10.1 Å². The van der Waals surface area contributed by atoms with Crippen LogP contribution in [0.25, 0.3) is 0 Å². The summed E-state index contributed by atoms with van der Waals surface area (Å²) in [5, 5.41) is 3.42. The maximum atomic E-state index is 5.88. The molecule has 3 nitrogen and oxygen atoms in total. The highest BCUT2D eigenvalue weighted by molar-refractivity contribution is 5.20. The van der Waals surface area contributed by atoms with E-state index >= 15 is 0 Å². The summed E-state index contributed by atoms with van der Waals surface area (Å²) in [6, 6.07) is 4.05. The third kappa shape index (κ3) is 5.50. The SMILES string of the molecule is CCC(C)(C)Oc1cc(CNCC(C)C)ccn1. The minimum atomic E-state index is -0.156. The van der Waals surface area contributed by atoms with E-state index in [1.807, 2.05) is 18.3 Å². The molecule has 0 fully saturated rings. The van der Waals surface area contributed by atoms with Crippen LogP contribution in [0.5, 0.6) is 5.88 Å². The van der Waals surface area contributed by atoms with Crippen molar-refractivity contribution in [2.45, 2.75) is 53.2 Å². The Labute approximate surface area is 111 Å². The first-order valence-electron chi connectivity index (χ1n) is 6.77. The van der Waals surface area contributed by atoms with E-state index in [2.05, 4.69) is 44.9 Å². The topological polar surface area (TPSA) is 34.1 Å². The normalized spacial score (nSPS) is 11.9. The Morgan fingerprint density at radius 1 is 1.39 bits per heavy atom. The molecule has 1 aromatic heterocycles.